The average Bonchev–Trinajstić information content (AvgIpc) is 3.46. The Labute approximate surface area is 255 Å². The Morgan fingerprint density at radius 2 is 1.73 bits per heavy atom. The molecule has 1 unspecified atom stereocenters. The molecule has 13 nitrogen and oxygen atoms in total. The average molecular weight is 625 g/mol. The van der Waals surface area contributed by atoms with Crippen molar-refractivity contribution >= 4 is 38.3 Å². The zero-order valence-corrected chi connectivity index (χ0v) is 25.7. The molecule has 1 saturated carbocycles. The first-order chi connectivity index (χ1) is 21.4. The molecule has 1 aliphatic carbocycles. The monoisotopic (exact) mass is 624 g/mol. The third-order valence-electron chi connectivity index (χ3n) is 8.77. The van der Waals surface area contributed by atoms with Crippen molar-refractivity contribution in [2.45, 2.75) is 48.5 Å². The van der Waals surface area contributed by atoms with Crippen LogP contribution in [0.2, 0.25) is 0 Å². The number of fused-ring (bicyclic) bond motifs is 1. The minimum Gasteiger partial charge on any atom is -0.495 e. The molecule has 3 fully saturated rings. The topological polar surface area (TPSA) is 153 Å². The van der Waals surface area contributed by atoms with E-state index < -0.39 is 10.0 Å². The van der Waals surface area contributed by atoms with E-state index in [1.165, 1.54) is 21.3 Å². The molecular formula is C30H36N6O7S. The Morgan fingerprint density at radius 3 is 2.41 bits per heavy atom. The molecule has 2 aromatic heterocycles. The van der Waals surface area contributed by atoms with Gasteiger partial charge in [0, 0.05) is 42.9 Å². The van der Waals surface area contributed by atoms with Crippen LogP contribution in [0.3, 0.4) is 0 Å². The molecule has 234 valence electrons. The number of nitrogens with zero attached hydrogens (tertiary/aromatic N) is 3. The Kier molecular flexibility index (Phi) is 7.50. The molecule has 0 bridgehead atoms. The van der Waals surface area contributed by atoms with E-state index in [1.54, 1.807) is 24.3 Å². The highest BCUT2D eigenvalue weighted by Crippen LogP contribution is 2.43. The summed E-state index contributed by atoms with van der Waals surface area (Å²) in [7, 11) is 0.213. The fraction of sp³-hybridized carbons (Fsp3) is 0.467. The van der Waals surface area contributed by atoms with Crippen LogP contribution in [0.5, 0.6) is 17.2 Å². The number of H-pyrrole nitrogens is 1. The van der Waals surface area contributed by atoms with Crippen LogP contribution in [-0.2, 0) is 14.8 Å². The van der Waals surface area contributed by atoms with Crippen molar-refractivity contribution in [1.29, 1.82) is 0 Å². The Bertz CT molecular complexity index is 1750. The van der Waals surface area contributed by atoms with Crippen molar-refractivity contribution in [3.05, 3.63) is 41.6 Å². The van der Waals surface area contributed by atoms with E-state index in [-0.39, 0.29) is 28.1 Å². The summed E-state index contributed by atoms with van der Waals surface area (Å²) < 4.78 is 58.3. The van der Waals surface area contributed by atoms with Gasteiger partial charge in [0.25, 0.3) is 10.0 Å². The van der Waals surface area contributed by atoms with Crippen molar-refractivity contribution in [1.82, 2.24) is 20.3 Å². The molecule has 0 spiro atoms. The highest BCUT2D eigenvalue weighted by molar-refractivity contribution is 7.93. The maximum atomic E-state index is 13.9. The van der Waals surface area contributed by atoms with Gasteiger partial charge >= 0.3 is 0 Å². The Morgan fingerprint density at radius 1 is 0.955 bits per heavy atom. The van der Waals surface area contributed by atoms with Gasteiger partial charge in [-0.1, -0.05) is 5.16 Å². The maximum absolute atomic E-state index is 13.9. The number of sulfonamides is 1. The van der Waals surface area contributed by atoms with E-state index in [0.717, 1.165) is 63.2 Å². The number of ether oxygens (including phenoxy) is 4. The fourth-order valence-electron chi connectivity index (χ4n) is 6.23. The molecule has 0 radical (unpaired) electrons. The number of methoxy groups -OCH3 is 3. The van der Waals surface area contributed by atoms with E-state index in [4.69, 9.17) is 23.5 Å². The van der Waals surface area contributed by atoms with E-state index in [9.17, 15) is 8.42 Å². The molecule has 44 heavy (non-hydrogen) atoms. The molecule has 2 saturated heterocycles. The summed E-state index contributed by atoms with van der Waals surface area (Å²) in [5, 5.41) is 15.1. The molecule has 2 aromatic carbocycles. The molecule has 4 aromatic rings. The van der Waals surface area contributed by atoms with Crippen LogP contribution in [0.15, 0.2) is 39.8 Å². The first-order valence-electron chi connectivity index (χ1n) is 14.8. The zero-order chi connectivity index (χ0) is 30.4. The van der Waals surface area contributed by atoms with Gasteiger partial charge in [-0.3, -0.25) is 14.7 Å². The smallest absolute Gasteiger partial charge is 0.270 e. The number of aromatic nitrogens is 3. The largest absolute Gasteiger partial charge is 0.495 e. The number of anilines is 3. The molecule has 2 atom stereocenters. The molecule has 0 amide bonds. The van der Waals surface area contributed by atoms with Gasteiger partial charge in [-0.2, -0.15) is 5.10 Å². The number of hydrogen-bond donors (Lipinski definition) is 3. The van der Waals surface area contributed by atoms with E-state index in [1.807, 2.05) is 6.07 Å². The number of aromatic amines is 1. The summed E-state index contributed by atoms with van der Waals surface area (Å²) in [6.45, 7) is 3.39. The standard InChI is InChI=1S/C30H36N6O7S/c1-39-25-12-21-24(13-23(25)31-28-14-22(32-33-28)17-4-5-17)43-34-30(21)35-44(37,38)29-26(40-2)10-19(11-27(29)41-3)18-6-8-36(15-18)20-7-9-42-16-20/h10-14,17-18,20H,4-9,15-16H2,1-3H3,(H,34,35)(H2,31,32,33)/t18-,20?/m0/s1. The minimum absolute atomic E-state index is 0.0130. The molecule has 3 aliphatic rings. The van der Waals surface area contributed by atoms with Crippen LogP contribution in [0.4, 0.5) is 17.3 Å². The third kappa shape index (κ3) is 5.41. The summed E-state index contributed by atoms with van der Waals surface area (Å²) in [4.78, 5) is 2.34. The highest BCUT2D eigenvalue weighted by Gasteiger charge is 2.34. The van der Waals surface area contributed by atoms with Gasteiger partial charge in [0.05, 0.1) is 39.0 Å². The van der Waals surface area contributed by atoms with Gasteiger partial charge < -0.3 is 28.8 Å². The number of benzene rings is 2. The number of likely N-dealkylation sites (tertiary alicyclic amines) is 1. The quantitative estimate of drug-likeness (QED) is 0.215. The van der Waals surface area contributed by atoms with E-state index in [0.29, 0.717) is 40.2 Å². The highest BCUT2D eigenvalue weighted by atomic mass is 32.2. The van der Waals surface area contributed by atoms with Gasteiger partial charge in [-0.05, 0) is 61.9 Å². The predicted molar refractivity (Wildman–Crippen MR) is 163 cm³/mol. The summed E-state index contributed by atoms with van der Waals surface area (Å²) in [6, 6.07) is 9.35. The van der Waals surface area contributed by atoms with E-state index in [2.05, 4.69) is 30.3 Å². The van der Waals surface area contributed by atoms with Crippen LogP contribution < -0.4 is 24.2 Å². The van der Waals surface area contributed by atoms with Crippen molar-refractivity contribution in [2.75, 3.05) is 57.7 Å². The summed E-state index contributed by atoms with van der Waals surface area (Å²) in [5.74, 6) is 2.26. The lowest BCUT2D eigenvalue weighted by molar-refractivity contribution is 0.158. The Balaban J connectivity index is 1.15. The first kappa shape index (κ1) is 28.7. The van der Waals surface area contributed by atoms with Crippen molar-refractivity contribution in [3.8, 4) is 17.2 Å². The lowest BCUT2D eigenvalue weighted by atomic mass is 9.98. The van der Waals surface area contributed by atoms with Crippen molar-refractivity contribution < 1.29 is 31.9 Å². The van der Waals surface area contributed by atoms with Crippen molar-refractivity contribution in [2.24, 2.45) is 0 Å². The lowest BCUT2D eigenvalue weighted by Crippen LogP contribution is -2.33. The van der Waals surface area contributed by atoms with Crippen molar-refractivity contribution in [3.63, 3.8) is 0 Å². The second kappa shape index (κ2) is 11.5. The molecule has 7 rings (SSSR count). The molecule has 14 heteroatoms. The molecular weight excluding hydrogens is 588 g/mol. The van der Waals surface area contributed by atoms with Gasteiger partial charge in [0.15, 0.2) is 22.1 Å². The second-order valence-corrected chi connectivity index (χ2v) is 13.2. The van der Waals surface area contributed by atoms with Gasteiger partial charge in [-0.15, -0.1) is 0 Å². The first-order valence-corrected chi connectivity index (χ1v) is 16.3. The van der Waals surface area contributed by atoms with Gasteiger partial charge in [-0.25, -0.2) is 8.42 Å². The summed E-state index contributed by atoms with van der Waals surface area (Å²) >= 11 is 0. The van der Waals surface area contributed by atoms with Gasteiger partial charge in [0.2, 0.25) is 0 Å². The third-order valence-corrected chi connectivity index (χ3v) is 10.2. The molecule has 4 heterocycles. The van der Waals surface area contributed by atoms with Crippen LogP contribution in [0.1, 0.15) is 48.8 Å². The predicted octanol–water partition coefficient (Wildman–Crippen LogP) is 4.58. The number of hydrogen-bond acceptors (Lipinski definition) is 11. The molecule has 3 N–H and O–H groups in total. The number of rotatable bonds is 11. The summed E-state index contributed by atoms with van der Waals surface area (Å²) in [6.07, 6.45) is 4.31. The lowest BCUT2D eigenvalue weighted by Gasteiger charge is -2.23. The zero-order valence-electron chi connectivity index (χ0n) is 24.9. The van der Waals surface area contributed by atoms with Gasteiger partial charge in [0.1, 0.15) is 17.2 Å². The maximum Gasteiger partial charge on any atom is 0.270 e. The van der Waals surface area contributed by atoms with Crippen LogP contribution in [-0.4, -0.2) is 82.3 Å². The van der Waals surface area contributed by atoms with Crippen LogP contribution >= 0.6 is 0 Å². The molecule has 2 aliphatic heterocycles. The number of nitrogens with one attached hydrogen (secondary N) is 3. The van der Waals surface area contributed by atoms with Crippen LogP contribution in [0, 0.1) is 0 Å². The normalized spacial score (nSPS) is 20.7. The minimum atomic E-state index is -4.22. The fourth-order valence-corrected chi connectivity index (χ4v) is 7.55. The second-order valence-electron chi connectivity index (χ2n) is 11.5. The summed E-state index contributed by atoms with van der Waals surface area (Å²) in [5.41, 5.74) is 3.02. The Hall–Kier alpha value is -4.01. The SMILES string of the molecule is COc1cc2c(NS(=O)(=O)c3c(OC)cc([C@H]4CCN(C5CCOC5)C4)cc3OC)noc2cc1Nc1cc(C2CC2)[nH]n1. The van der Waals surface area contributed by atoms with Crippen LogP contribution in [0.25, 0.3) is 11.0 Å². The van der Waals surface area contributed by atoms with E-state index >= 15 is 0 Å².